The largest absolute Gasteiger partial charge is 0.494 e. The van der Waals surface area contributed by atoms with Gasteiger partial charge in [-0.25, -0.2) is 0 Å². The summed E-state index contributed by atoms with van der Waals surface area (Å²) >= 11 is 0. The number of para-hydroxylation sites is 1. The molecule has 3 rings (SSSR count). The molecule has 23 heavy (non-hydrogen) atoms. The number of amides is 1. The number of anilines is 1. The van der Waals surface area contributed by atoms with Crippen molar-refractivity contribution in [3.8, 4) is 11.5 Å². The van der Waals surface area contributed by atoms with E-state index in [1.807, 2.05) is 48.2 Å². The predicted molar refractivity (Wildman–Crippen MR) is 90.2 cm³/mol. The topological polar surface area (TPSA) is 38.8 Å². The summed E-state index contributed by atoms with van der Waals surface area (Å²) < 4.78 is 11.1. The van der Waals surface area contributed by atoms with Crippen LogP contribution in [0.3, 0.4) is 0 Å². The van der Waals surface area contributed by atoms with E-state index in [1.54, 1.807) is 6.07 Å². The van der Waals surface area contributed by atoms with Crippen LogP contribution in [0.25, 0.3) is 0 Å². The van der Waals surface area contributed by atoms with Crippen molar-refractivity contribution in [3.63, 3.8) is 0 Å². The fraction of sp³-hybridized carbons (Fsp3) is 0.316. The molecular formula is C19H21NO3. The van der Waals surface area contributed by atoms with Gasteiger partial charge in [-0.2, -0.15) is 0 Å². The zero-order valence-electron chi connectivity index (χ0n) is 13.5. The minimum Gasteiger partial charge on any atom is -0.494 e. The lowest BCUT2D eigenvalue weighted by atomic mass is 10.1. The van der Waals surface area contributed by atoms with Gasteiger partial charge in [0.05, 0.1) is 6.61 Å². The summed E-state index contributed by atoms with van der Waals surface area (Å²) in [5.74, 6) is 1.37. The van der Waals surface area contributed by atoms with Crippen LogP contribution >= 0.6 is 0 Å². The zero-order chi connectivity index (χ0) is 16.2. The highest BCUT2D eigenvalue weighted by Gasteiger charge is 2.30. The van der Waals surface area contributed by atoms with Crippen molar-refractivity contribution in [1.29, 1.82) is 0 Å². The zero-order valence-corrected chi connectivity index (χ0v) is 13.5. The summed E-state index contributed by atoms with van der Waals surface area (Å²) in [4.78, 5) is 14.4. The van der Waals surface area contributed by atoms with Crippen molar-refractivity contribution in [2.45, 2.75) is 26.3 Å². The Labute approximate surface area is 136 Å². The second-order valence-electron chi connectivity index (χ2n) is 5.64. The standard InChI is InChI=1S/C19H21NO3/c1-3-22-16-8-6-9-17(12-16)23-13-19(21)20-14(2)11-15-7-4-5-10-18(15)20/h4-10,12,14H,3,11,13H2,1-2H3. The van der Waals surface area contributed by atoms with Gasteiger partial charge >= 0.3 is 0 Å². The Morgan fingerprint density at radius 3 is 2.65 bits per heavy atom. The maximum atomic E-state index is 12.6. The van der Waals surface area contributed by atoms with Gasteiger partial charge in [-0.1, -0.05) is 24.3 Å². The molecule has 0 spiro atoms. The van der Waals surface area contributed by atoms with Crippen molar-refractivity contribution in [2.75, 3.05) is 18.1 Å². The number of carbonyl (C=O) groups excluding carboxylic acids is 1. The number of ether oxygens (including phenoxy) is 2. The van der Waals surface area contributed by atoms with Crippen molar-refractivity contribution in [1.82, 2.24) is 0 Å². The van der Waals surface area contributed by atoms with E-state index in [0.29, 0.717) is 12.4 Å². The van der Waals surface area contributed by atoms with Crippen LogP contribution < -0.4 is 14.4 Å². The van der Waals surface area contributed by atoms with E-state index in [-0.39, 0.29) is 18.6 Å². The van der Waals surface area contributed by atoms with Crippen LogP contribution in [0.5, 0.6) is 11.5 Å². The van der Waals surface area contributed by atoms with Crippen molar-refractivity contribution in [3.05, 3.63) is 54.1 Å². The van der Waals surface area contributed by atoms with E-state index >= 15 is 0 Å². The molecule has 0 saturated carbocycles. The van der Waals surface area contributed by atoms with E-state index in [2.05, 4.69) is 13.0 Å². The van der Waals surface area contributed by atoms with E-state index in [0.717, 1.165) is 17.9 Å². The lowest BCUT2D eigenvalue weighted by Gasteiger charge is -2.22. The molecule has 1 aliphatic heterocycles. The van der Waals surface area contributed by atoms with Crippen LogP contribution in [0.1, 0.15) is 19.4 Å². The quantitative estimate of drug-likeness (QED) is 0.849. The van der Waals surface area contributed by atoms with Gasteiger partial charge in [-0.15, -0.1) is 0 Å². The Kier molecular flexibility index (Phi) is 4.51. The summed E-state index contributed by atoms with van der Waals surface area (Å²) in [7, 11) is 0. The van der Waals surface area contributed by atoms with Crippen molar-refractivity contribution < 1.29 is 14.3 Å². The third-order valence-corrected chi connectivity index (χ3v) is 3.95. The predicted octanol–water partition coefficient (Wildman–Crippen LogP) is 3.44. The summed E-state index contributed by atoms with van der Waals surface area (Å²) in [5.41, 5.74) is 2.21. The maximum absolute atomic E-state index is 12.6. The summed E-state index contributed by atoms with van der Waals surface area (Å²) in [6.07, 6.45) is 0.891. The number of nitrogens with zero attached hydrogens (tertiary/aromatic N) is 1. The highest BCUT2D eigenvalue weighted by atomic mass is 16.5. The van der Waals surface area contributed by atoms with Crippen molar-refractivity contribution >= 4 is 11.6 Å². The average Bonchev–Trinajstić information content (AvgIpc) is 2.89. The van der Waals surface area contributed by atoms with Crippen LogP contribution in [-0.4, -0.2) is 25.2 Å². The van der Waals surface area contributed by atoms with Gasteiger partial charge in [0.2, 0.25) is 0 Å². The molecule has 0 saturated heterocycles. The molecule has 120 valence electrons. The van der Waals surface area contributed by atoms with Crippen LogP contribution in [0, 0.1) is 0 Å². The van der Waals surface area contributed by atoms with Gasteiger partial charge < -0.3 is 14.4 Å². The fourth-order valence-corrected chi connectivity index (χ4v) is 2.98. The van der Waals surface area contributed by atoms with Crippen LogP contribution in [0.4, 0.5) is 5.69 Å². The van der Waals surface area contributed by atoms with Gasteiger partial charge in [0, 0.05) is 17.8 Å². The molecule has 0 fully saturated rings. The molecule has 4 nitrogen and oxygen atoms in total. The van der Waals surface area contributed by atoms with Crippen molar-refractivity contribution in [2.24, 2.45) is 0 Å². The molecule has 1 unspecified atom stereocenters. The van der Waals surface area contributed by atoms with E-state index in [4.69, 9.17) is 9.47 Å². The molecule has 2 aromatic rings. The first kappa shape index (κ1) is 15.4. The van der Waals surface area contributed by atoms with Gasteiger partial charge in [0.15, 0.2) is 6.61 Å². The maximum Gasteiger partial charge on any atom is 0.265 e. The van der Waals surface area contributed by atoms with E-state index < -0.39 is 0 Å². The molecule has 4 heteroatoms. The molecule has 1 heterocycles. The second kappa shape index (κ2) is 6.73. The van der Waals surface area contributed by atoms with Gasteiger partial charge in [-0.3, -0.25) is 4.79 Å². The number of carbonyl (C=O) groups is 1. The monoisotopic (exact) mass is 311 g/mol. The highest BCUT2D eigenvalue weighted by Crippen LogP contribution is 2.31. The minimum atomic E-state index is -0.0238. The molecule has 2 aromatic carbocycles. The molecule has 0 bridgehead atoms. The number of benzene rings is 2. The molecule has 0 radical (unpaired) electrons. The smallest absolute Gasteiger partial charge is 0.265 e. The first-order valence-corrected chi connectivity index (χ1v) is 7.94. The summed E-state index contributed by atoms with van der Waals surface area (Å²) in [5, 5.41) is 0. The van der Waals surface area contributed by atoms with Crippen LogP contribution in [-0.2, 0) is 11.2 Å². The molecule has 0 aliphatic carbocycles. The average molecular weight is 311 g/mol. The Bertz CT molecular complexity index is 699. The SMILES string of the molecule is CCOc1cccc(OCC(=O)N2c3ccccc3CC2C)c1. The minimum absolute atomic E-state index is 0.0221. The number of hydrogen-bond donors (Lipinski definition) is 0. The number of rotatable bonds is 5. The highest BCUT2D eigenvalue weighted by molar-refractivity contribution is 5.97. The number of hydrogen-bond acceptors (Lipinski definition) is 3. The van der Waals surface area contributed by atoms with Crippen LogP contribution in [0.15, 0.2) is 48.5 Å². The summed E-state index contributed by atoms with van der Waals surface area (Å²) in [6.45, 7) is 4.62. The van der Waals surface area contributed by atoms with Gasteiger partial charge in [0.25, 0.3) is 5.91 Å². The second-order valence-corrected chi connectivity index (χ2v) is 5.64. The fourth-order valence-electron chi connectivity index (χ4n) is 2.98. The molecule has 0 N–H and O–H groups in total. The lowest BCUT2D eigenvalue weighted by Crippen LogP contribution is -2.39. The molecule has 0 aromatic heterocycles. The molecular weight excluding hydrogens is 290 g/mol. The first-order valence-electron chi connectivity index (χ1n) is 7.94. The molecule has 1 amide bonds. The number of fused-ring (bicyclic) bond motifs is 1. The van der Waals surface area contributed by atoms with Crippen LogP contribution in [0.2, 0.25) is 0 Å². The van der Waals surface area contributed by atoms with Gasteiger partial charge in [0.1, 0.15) is 11.5 Å². The Balaban J connectivity index is 1.67. The first-order chi connectivity index (χ1) is 11.2. The third-order valence-electron chi connectivity index (χ3n) is 3.95. The molecule has 1 aliphatic rings. The van der Waals surface area contributed by atoms with E-state index in [1.165, 1.54) is 5.56 Å². The van der Waals surface area contributed by atoms with E-state index in [9.17, 15) is 4.79 Å². The summed E-state index contributed by atoms with van der Waals surface area (Å²) in [6, 6.07) is 15.6. The van der Waals surface area contributed by atoms with Gasteiger partial charge in [-0.05, 0) is 44.0 Å². The normalized spacial score (nSPS) is 16.1. The molecule has 1 atom stereocenters. The third kappa shape index (κ3) is 3.31. The Morgan fingerprint density at radius 1 is 1.13 bits per heavy atom. The lowest BCUT2D eigenvalue weighted by molar-refractivity contribution is -0.120. The Hall–Kier alpha value is -2.49. The Morgan fingerprint density at radius 2 is 1.87 bits per heavy atom.